The Bertz CT molecular complexity index is 1430. The summed E-state index contributed by atoms with van der Waals surface area (Å²) in [7, 11) is 3.17. The third kappa shape index (κ3) is 3.18. The molecule has 1 aromatic carbocycles. The number of aromatic hydroxyl groups is 1. The summed E-state index contributed by atoms with van der Waals surface area (Å²) in [6.07, 6.45) is 0.250. The van der Waals surface area contributed by atoms with Crippen molar-refractivity contribution in [2.45, 2.75) is 24.5 Å². The molecule has 1 heterocycles. The number of allylic oxidation sites excluding steroid dienone is 1. The molecule has 0 unspecified atom stereocenters. The fraction of sp³-hybridized carbons (Fsp3) is 0.320. The Hall–Kier alpha value is -3.18. The Kier molecular flexibility index (Phi) is 5.56. The van der Waals surface area contributed by atoms with Crippen LogP contribution < -0.4 is 5.73 Å². The first-order valence-corrected chi connectivity index (χ1v) is 12.3. The highest BCUT2D eigenvalue weighted by Gasteiger charge is 2.63. The van der Waals surface area contributed by atoms with Gasteiger partial charge in [0.05, 0.1) is 15.9 Å². The van der Waals surface area contributed by atoms with Crippen LogP contribution in [0, 0.1) is 11.8 Å². The van der Waals surface area contributed by atoms with Crippen LogP contribution in [0.25, 0.3) is 10.4 Å². The number of aliphatic hydroxyl groups excluding tert-OH is 2. The fourth-order valence-corrected chi connectivity index (χ4v) is 7.04. The Morgan fingerprint density at radius 1 is 1.17 bits per heavy atom. The average Bonchev–Trinajstić information content (AvgIpc) is 3.22. The predicted octanol–water partition coefficient (Wildman–Crippen LogP) is 2.50. The number of carbonyl (C=O) groups is 3. The van der Waals surface area contributed by atoms with Crippen molar-refractivity contribution in [3.8, 4) is 16.2 Å². The molecule has 2 aromatic rings. The zero-order valence-electron chi connectivity index (χ0n) is 19.3. The summed E-state index contributed by atoms with van der Waals surface area (Å²) in [5.41, 5.74) is 2.90. The van der Waals surface area contributed by atoms with Crippen LogP contribution in [0.15, 0.2) is 46.9 Å². The molecule has 0 saturated carbocycles. The van der Waals surface area contributed by atoms with E-state index in [1.165, 1.54) is 22.3 Å². The van der Waals surface area contributed by atoms with E-state index in [4.69, 9.17) is 17.3 Å². The zero-order chi connectivity index (χ0) is 26.3. The van der Waals surface area contributed by atoms with Gasteiger partial charge in [-0.05, 0) is 68.2 Å². The van der Waals surface area contributed by atoms with Crippen molar-refractivity contribution in [2.24, 2.45) is 17.6 Å². The quantitative estimate of drug-likeness (QED) is 0.378. The van der Waals surface area contributed by atoms with Gasteiger partial charge in [0.15, 0.2) is 11.4 Å². The maximum atomic E-state index is 13.7. The van der Waals surface area contributed by atoms with Crippen molar-refractivity contribution < 1.29 is 34.8 Å². The predicted molar refractivity (Wildman–Crippen MR) is 132 cm³/mol. The summed E-state index contributed by atoms with van der Waals surface area (Å²) in [4.78, 5) is 41.3. The van der Waals surface area contributed by atoms with Gasteiger partial charge in [-0.3, -0.25) is 19.3 Å². The van der Waals surface area contributed by atoms with E-state index in [0.717, 1.165) is 4.88 Å². The smallest absolute Gasteiger partial charge is 0.255 e. The summed E-state index contributed by atoms with van der Waals surface area (Å²) in [5, 5.41) is 44.4. The first-order valence-electron chi connectivity index (χ1n) is 11.1. The molecule has 0 bridgehead atoms. The van der Waals surface area contributed by atoms with Gasteiger partial charge in [0, 0.05) is 16.4 Å². The van der Waals surface area contributed by atoms with Crippen molar-refractivity contribution in [3.05, 3.63) is 62.4 Å². The third-order valence-electron chi connectivity index (χ3n) is 7.44. The lowest BCUT2D eigenvalue weighted by molar-refractivity contribution is -0.148. The van der Waals surface area contributed by atoms with E-state index < -0.39 is 58.0 Å². The summed E-state index contributed by atoms with van der Waals surface area (Å²) < 4.78 is 0.553. The standard InChI is InChI=1S/C25H23ClN2O7S/c1-28(2)19-12-8-9-7-11-10(14-5-6-15(26)36-14)3-4-13(29)17(11)20(30)16(9)22(32)25(12,35)23(33)18(21(19)31)24(27)34/h3-6,9,12,19,29,31-32,35H,7-8H2,1-2H3,(H2,27,34)/t9-,12-,19+,25+/m1/s1. The number of likely N-dealkylation sites (N-methyl/N-ethyl adjacent to an activating group) is 1. The molecule has 188 valence electrons. The van der Waals surface area contributed by atoms with Gasteiger partial charge in [-0.15, -0.1) is 11.3 Å². The lowest BCUT2D eigenvalue weighted by Gasteiger charge is -2.50. The van der Waals surface area contributed by atoms with Crippen molar-refractivity contribution in [1.29, 1.82) is 0 Å². The number of nitrogens with zero attached hydrogens (tertiary/aromatic N) is 1. The molecule has 5 rings (SSSR count). The monoisotopic (exact) mass is 530 g/mol. The summed E-state index contributed by atoms with van der Waals surface area (Å²) >= 11 is 7.43. The van der Waals surface area contributed by atoms with Crippen LogP contribution in [0.1, 0.15) is 22.3 Å². The van der Waals surface area contributed by atoms with Gasteiger partial charge in [-0.25, -0.2) is 0 Å². The second-order valence-electron chi connectivity index (χ2n) is 9.55. The van der Waals surface area contributed by atoms with Crippen LogP contribution in [0.4, 0.5) is 0 Å². The molecule has 0 fully saturated rings. The SMILES string of the molecule is CN(C)[C@@H]1C(O)=C(C(N)=O)C(=O)[C@@]2(O)C(O)=C3C(=O)c4c(O)ccc(-c5ccc(Cl)s5)c4C[C@@H]3C[C@H]12. The van der Waals surface area contributed by atoms with Gasteiger partial charge in [-0.1, -0.05) is 11.6 Å². The molecule has 1 amide bonds. The van der Waals surface area contributed by atoms with Crippen LogP contribution in [-0.2, 0) is 16.0 Å². The van der Waals surface area contributed by atoms with E-state index in [0.29, 0.717) is 15.5 Å². The summed E-state index contributed by atoms with van der Waals surface area (Å²) in [5.74, 6) is -6.72. The zero-order valence-corrected chi connectivity index (χ0v) is 20.9. The molecule has 0 spiro atoms. The highest BCUT2D eigenvalue weighted by Crippen LogP contribution is 2.53. The minimum absolute atomic E-state index is 0.0298. The van der Waals surface area contributed by atoms with E-state index in [1.807, 2.05) is 6.07 Å². The van der Waals surface area contributed by atoms with Gasteiger partial charge >= 0.3 is 0 Å². The number of amides is 1. The van der Waals surface area contributed by atoms with Crippen LogP contribution in [0.2, 0.25) is 4.34 Å². The normalized spacial score (nSPS) is 27.8. The van der Waals surface area contributed by atoms with Crippen molar-refractivity contribution in [2.75, 3.05) is 14.1 Å². The molecule has 3 aliphatic carbocycles. The van der Waals surface area contributed by atoms with E-state index in [1.54, 1.807) is 26.2 Å². The van der Waals surface area contributed by atoms with Gasteiger partial charge in [0.2, 0.25) is 5.78 Å². The summed E-state index contributed by atoms with van der Waals surface area (Å²) in [6, 6.07) is 5.57. The number of nitrogens with two attached hydrogens (primary N) is 1. The number of Topliss-reactive ketones (excluding diaryl/α,β-unsaturated/α-hetero) is 2. The molecular weight excluding hydrogens is 508 g/mol. The molecule has 0 aliphatic heterocycles. The number of carbonyl (C=O) groups excluding carboxylic acids is 3. The molecule has 9 nitrogen and oxygen atoms in total. The number of halogens is 1. The number of fused-ring (bicyclic) bond motifs is 3. The molecule has 3 aliphatic rings. The minimum atomic E-state index is -2.65. The van der Waals surface area contributed by atoms with Gasteiger partial charge in [0.25, 0.3) is 5.91 Å². The number of primary amides is 1. The largest absolute Gasteiger partial charge is 0.510 e. The molecule has 36 heavy (non-hydrogen) atoms. The van der Waals surface area contributed by atoms with Crippen LogP contribution >= 0.6 is 22.9 Å². The number of thiophene rings is 1. The number of aliphatic hydroxyl groups is 3. The number of hydrogen-bond acceptors (Lipinski definition) is 9. The molecule has 0 saturated heterocycles. The van der Waals surface area contributed by atoms with E-state index >= 15 is 0 Å². The molecule has 11 heteroatoms. The number of phenolic OH excluding ortho intramolecular Hbond substituents is 1. The lowest BCUT2D eigenvalue weighted by atomic mass is 9.58. The van der Waals surface area contributed by atoms with E-state index in [2.05, 4.69) is 0 Å². The Balaban J connectivity index is 1.73. The van der Waals surface area contributed by atoms with Crippen LogP contribution in [-0.4, -0.2) is 68.5 Å². The van der Waals surface area contributed by atoms with Gasteiger partial charge in [0.1, 0.15) is 22.8 Å². The maximum absolute atomic E-state index is 13.7. The fourth-order valence-electron chi connectivity index (χ4n) is 5.94. The van der Waals surface area contributed by atoms with Crippen LogP contribution in [0.3, 0.4) is 0 Å². The topological polar surface area (TPSA) is 161 Å². The number of ketones is 2. The second-order valence-corrected chi connectivity index (χ2v) is 11.3. The number of benzene rings is 1. The number of hydrogen-bond donors (Lipinski definition) is 5. The highest BCUT2D eigenvalue weighted by molar-refractivity contribution is 7.19. The Labute approximate surface area is 214 Å². The van der Waals surface area contributed by atoms with Gasteiger partial charge in [-0.2, -0.15) is 0 Å². The average molecular weight is 531 g/mol. The number of phenols is 1. The molecule has 1 aromatic heterocycles. The van der Waals surface area contributed by atoms with Crippen LogP contribution in [0.5, 0.6) is 5.75 Å². The summed E-state index contributed by atoms with van der Waals surface area (Å²) in [6.45, 7) is 0. The van der Waals surface area contributed by atoms with Crippen molar-refractivity contribution in [1.82, 2.24) is 4.90 Å². The lowest BCUT2D eigenvalue weighted by Crippen LogP contribution is -2.63. The first kappa shape index (κ1) is 24.5. The molecule has 0 radical (unpaired) electrons. The van der Waals surface area contributed by atoms with E-state index in [-0.39, 0.29) is 29.7 Å². The third-order valence-corrected chi connectivity index (χ3v) is 8.71. The number of rotatable bonds is 3. The van der Waals surface area contributed by atoms with Gasteiger partial charge < -0.3 is 26.2 Å². The van der Waals surface area contributed by atoms with Crippen molar-refractivity contribution >= 4 is 40.4 Å². The van der Waals surface area contributed by atoms with E-state index in [9.17, 15) is 34.8 Å². The highest BCUT2D eigenvalue weighted by atomic mass is 35.5. The molecule has 6 N–H and O–H groups in total. The maximum Gasteiger partial charge on any atom is 0.255 e. The first-order chi connectivity index (χ1) is 16.9. The van der Waals surface area contributed by atoms with Crippen molar-refractivity contribution in [3.63, 3.8) is 0 Å². The minimum Gasteiger partial charge on any atom is -0.510 e. The molecule has 4 atom stereocenters. The Morgan fingerprint density at radius 3 is 2.44 bits per heavy atom. The Morgan fingerprint density at radius 2 is 1.86 bits per heavy atom. The second kappa shape index (κ2) is 8.17. The molecular formula is C25H23ClN2O7S.